The molecule has 0 radical (unpaired) electrons. The number of imidazole rings is 1. The highest BCUT2D eigenvalue weighted by atomic mass is 16.5. The van der Waals surface area contributed by atoms with E-state index in [-0.39, 0.29) is 36.1 Å². The topological polar surface area (TPSA) is 262 Å². The molecule has 20 nitrogen and oxygen atoms in total. The molecule has 1 fully saturated rings. The number of benzene rings is 1. The maximum atomic E-state index is 13.6. The molecule has 4 amide bonds. The average Bonchev–Trinajstić information content (AvgIpc) is 4.03. The molecular weight excluding hydrogens is 809 g/mol. The number of primary amides is 2. The highest BCUT2D eigenvalue weighted by Gasteiger charge is 2.25. The first-order valence-electron chi connectivity index (χ1n) is 20.8. The first-order chi connectivity index (χ1) is 30.3. The van der Waals surface area contributed by atoms with Gasteiger partial charge in [-0.15, -0.1) is 0 Å². The zero-order valence-corrected chi connectivity index (χ0v) is 35.4. The van der Waals surface area contributed by atoms with E-state index in [2.05, 4.69) is 25.5 Å². The Morgan fingerprint density at radius 3 is 2.22 bits per heavy atom. The van der Waals surface area contributed by atoms with Crippen molar-refractivity contribution in [1.82, 2.24) is 53.5 Å². The number of allylic oxidation sites excluding steroid dienone is 2. The van der Waals surface area contributed by atoms with Gasteiger partial charge in [0.2, 0.25) is 17.8 Å². The van der Waals surface area contributed by atoms with Crippen LogP contribution in [0.1, 0.15) is 75.7 Å². The fourth-order valence-corrected chi connectivity index (χ4v) is 8.14. The van der Waals surface area contributed by atoms with Crippen molar-refractivity contribution in [1.29, 1.82) is 0 Å². The minimum absolute atomic E-state index is 0.172. The number of carboxylic acid groups (broad SMARTS) is 1. The molecule has 20 heteroatoms. The highest BCUT2D eigenvalue weighted by Crippen LogP contribution is 2.37. The predicted molar refractivity (Wildman–Crippen MR) is 233 cm³/mol. The molecule has 1 aliphatic rings. The van der Waals surface area contributed by atoms with Crippen LogP contribution >= 0.6 is 0 Å². The van der Waals surface area contributed by atoms with Crippen LogP contribution in [0.5, 0.6) is 5.75 Å². The van der Waals surface area contributed by atoms with Crippen molar-refractivity contribution in [2.75, 3.05) is 25.0 Å². The van der Waals surface area contributed by atoms with E-state index >= 15 is 0 Å². The van der Waals surface area contributed by atoms with Crippen LogP contribution in [0, 0.1) is 19.8 Å². The number of hydrogen-bond donors (Lipinski definition) is 4. The molecule has 0 spiro atoms. The number of anilines is 1. The quantitative estimate of drug-likeness (QED) is 0.100. The van der Waals surface area contributed by atoms with Crippen LogP contribution in [-0.2, 0) is 26.2 Å². The molecule has 1 aromatic carbocycles. The molecule has 0 bridgehead atoms. The number of piperidine rings is 1. The Labute approximate surface area is 360 Å². The Hall–Kier alpha value is -7.64. The van der Waals surface area contributed by atoms with E-state index in [1.807, 2.05) is 55.2 Å². The van der Waals surface area contributed by atoms with E-state index in [0.29, 0.717) is 95.3 Å². The van der Waals surface area contributed by atoms with E-state index < -0.39 is 23.8 Å². The third-order valence-corrected chi connectivity index (χ3v) is 11.3. The van der Waals surface area contributed by atoms with Crippen molar-refractivity contribution in [3.63, 3.8) is 0 Å². The number of aryl methyl sites for hydroxylation is 4. The second-order valence-corrected chi connectivity index (χ2v) is 15.5. The van der Waals surface area contributed by atoms with Crippen molar-refractivity contribution in [3.05, 3.63) is 83.1 Å². The van der Waals surface area contributed by atoms with Crippen LogP contribution in [0.15, 0.2) is 54.9 Å². The van der Waals surface area contributed by atoms with E-state index in [9.17, 15) is 24.3 Å². The Morgan fingerprint density at radius 2 is 1.52 bits per heavy atom. The maximum absolute atomic E-state index is 13.6. The van der Waals surface area contributed by atoms with Crippen LogP contribution < -0.4 is 21.5 Å². The molecule has 7 heterocycles. The third-order valence-electron chi connectivity index (χ3n) is 11.3. The summed E-state index contributed by atoms with van der Waals surface area (Å²) in [6, 6.07) is 8.53. The molecule has 0 atom stereocenters. The lowest BCUT2D eigenvalue weighted by atomic mass is 9.94. The van der Waals surface area contributed by atoms with Gasteiger partial charge in [-0.3, -0.25) is 33.6 Å². The minimum Gasteiger partial charge on any atom is -0.491 e. The normalized spacial score (nSPS) is 13.5. The van der Waals surface area contributed by atoms with Crippen LogP contribution in [0.4, 0.5) is 10.7 Å². The summed E-state index contributed by atoms with van der Waals surface area (Å²) >= 11 is 0. The Kier molecular flexibility index (Phi) is 11.6. The summed E-state index contributed by atoms with van der Waals surface area (Å²) in [5.74, 6) is -0.315. The van der Waals surface area contributed by atoms with Crippen molar-refractivity contribution in [2.45, 2.75) is 73.1 Å². The molecule has 1 aliphatic heterocycles. The number of carbonyl (C=O) groups excluding carboxylic acids is 3. The molecular formula is C43H48N14O6. The number of ether oxygens (including phenoxy) is 1. The number of nitrogens with one attached hydrogen (secondary N) is 1. The molecule has 326 valence electrons. The zero-order chi connectivity index (χ0) is 44.5. The summed E-state index contributed by atoms with van der Waals surface area (Å²) in [6.07, 6.45) is 8.18. The van der Waals surface area contributed by atoms with Gasteiger partial charge in [-0.2, -0.15) is 10.2 Å². The van der Waals surface area contributed by atoms with Gasteiger partial charge in [-0.05, 0) is 83.2 Å². The van der Waals surface area contributed by atoms with Gasteiger partial charge in [0, 0.05) is 68.0 Å². The fourth-order valence-electron chi connectivity index (χ4n) is 8.14. The lowest BCUT2D eigenvalue weighted by Gasteiger charge is -2.29. The first kappa shape index (κ1) is 42.1. The minimum atomic E-state index is -0.912. The summed E-state index contributed by atoms with van der Waals surface area (Å²) < 4.78 is 13.7. The molecule has 0 unspecified atom stereocenters. The van der Waals surface area contributed by atoms with Gasteiger partial charge in [0.15, 0.2) is 11.5 Å². The number of hydrogen-bond acceptors (Lipinski definition) is 11. The number of carbonyl (C=O) groups is 4. The van der Waals surface area contributed by atoms with Gasteiger partial charge in [0.1, 0.15) is 28.3 Å². The van der Waals surface area contributed by atoms with Gasteiger partial charge in [-0.1, -0.05) is 12.2 Å². The molecule has 1 saturated heterocycles. The van der Waals surface area contributed by atoms with Gasteiger partial charge in [0.25, 0.3) is 5.91 Å². The van der Waals surface area contributed by atoms with Gasteiger partial charge in [-0.25, -0.2) is 24.7 Å². The van der Waals surface area contributed by atoms with E-state index in [0.717, 1.165) is 24.2 Å². The molecule has 63 heavy (non-hydrogen) atoms. The lowest BCUT2D eigenvalue weighted by molar-refractivity contribution is 0.0991. The summed E-state index contributed by atoms with van der Waals surface area (Å²) in [4.78, 5) is 70.3. The molecule has 8 rings (SSSR count). The van der Waals surface area contributed by atoms with Crippen LogP contribution in [0.25, 0.3) is 44.6 Å². The van der Waals surface area contributed by atoms with Crippen molar-refractivity contribution >= 4 is 62.9 Å². The van der Waals surface area contributed by atoms with Crippen molar-refractivity contribution in [2.24, 2.45) is 17.4 Å². The smallest absolute Gasteiger partial charge is 0.407 e. The van der Waals surface area contributed by atoms with Crippen molar-refractivity contribution < 1.29 is 29.0 Å². The molecule has 6 aromatic heterocycles. The van der Waals surface area contributed by atoms with Crippen LogP contribution in [0.3, 0.4) is 0 Å². The SMILES string of the molecule is CCn1nc(C)cc1C(=O)Nc1nc2cc(C(N)=O)cnc2n1C/C=C/Cn1c2nc(-c3cc(C)nn3CC)ncc2c2cc(C(N)=O)cc(OCCC3CCN(C(=O)O)CC3)c21. The number of pyridine rings is 1. The van der Waals surface area contributed by atoms with E-state index in [1.165, 1.54) is 17.2 Å². The number of fused-ring (bicyclic) bond motifs is 4. The summed E-state index contributed by atoms with van der Waals surface area (Å²) in [5, 5.41) is 22.7. The molecule has 0 aliphatic carbocycles. The molecule has 7 aromatic rings. The monoisotopic (exact) mass is 856 g/mol. The first-order valence-corrected chi connectivity index (χ1v) is 20.8. The summed E-state index contributed by atoms with van der Waals surface area (Å²) in [6.45, 7) is 10.5. The van der Waals surface area contributed by atoms with Gasteiger partial charge in [0.05, 0.1) is 29.1 Å². The second kappa shape index (κ2) is 17.4. The number of amides is 4. The van der Waals surface area contributed by atoms with E-state index in [1.54, 1.807) is 33.6 Å². The summed E-state index contributed by atoms with van der Waals surface area (Å²) in [7, 11) is 0. The number of aromatic nitrogens is 10. The predicted octanol–water partition coefficient (Wildman–Crippen LogP) is 4.91. The largest absolute Gasteiger partial charge is 0.491 e. The third kappa shape index (κ3) is 8.38. The van der Waals surface area contributed by atoms with Gasteiger partial charge < -0.3 is 30.8 Å². The Bertz CT molecular complexity index is 2950. The molecule has 6 N–H and O–H groups in total. The number of rotatable bonds is 15. The van der Waals surface area contributed by atoms with Crippen LogP contribution in [-0.4, -0.2) is 102 Å². The van der Waals surface area contributed by atoms with E-state index in [4.69, 9.17) is 26.2 Å². The standard InChI is InChI=1S/C43H48N14O6/c1-5-56-32(17-24(3)51-56)38-46-23-30-29-19-27(36(44)58)21-34(63-16-11-26-9-14-53(15-10-26)43(61)62)35(29)54(39(30)49-38)12-7-8-13-55-40-31(20-28(22-47-40)37(45)59)48-42(55)50-41(60)33-18-25(4)52-57(33)6-2/h7-8,17-23,26H,5-6,9-16H2,1-4H3,(H2,44,58)(H2,45,59)(H,61,62)(H,48,50,60)/b8-7+. The zero-order valence-electron chi connectivity index (χ0n) is 35.4. The number of nitrogens with zero attached hydrogens (tertiary/aromatic N) is 11. The second-order valence-electron chi connectivity index (χ2n) is 15.5. The molecule has 0 saturated carbocycles. The highest BCUT2D eigenvalue weighted by molar-refractivity contribution is 6.12. The Morgan fingerprint density at radius 1 is 0.825 bits per heavy atom. The average molecular weight is 857 g/mol. The summed E-state index contributed by atoms with van der Waals surface area (Å²) in [5.41, 5.74) is 16.5. The Balaban J connectivity index is 1.17. The van der Waals surface area contributed by atoms with Gasteiger partial charge >= 0.3 is 6.09 Å². The number of likely N-dealkylation sites (tertiary alicyclic amines) is 1. The van der Waals surface area contributed by atoms with Crippen LogP contribution in [0.2, 0.25) is 0 Å². The number of nitrogens with two attached hydrogens (primary N) is 2. The fraction of sp³-hybridized carbons (Fsp3) is 0.349. The maximum Gasteiger partial charge on any atom is 0.407 e. The lowest BCUT2D eigenvalue weighted by Crippen LogP contribution is -2.37. The van der Waals surface area contributed by atoms with Crippen molar-refractivity contribution in [3.8, 4) is 17.3 Å².